The minimum Gasteiger partial charge on any atom is -0.451 e. The second-order valence-electron chi connectivity index (χ2n) is 5.63. The van der Waals surface area contributed by atoms with Crippen LogP contribution in [0.25, 0.3) is 0 Å². The maximum atomic E-state index is 12.0. The highest BCUT2D eigenvalue weighted by molar-refractivity contribution is 6.42. The van der Waals surface area contributed by atoms with Crippen LogP contribution in [0.1, 0.15) is 29.8 Å². The molecule has 0 saturated carbocycles. The SMILES string of the molecule is CC1(C)OC(=O)c2c(cc(NCc3ccc(Cl)c(Cl)c3)oc2=O)O1. The molecule has 0 fully saturated rings. The van der Waals surface area contributed by atoms with Gasteiger partial charge < -0.3 is 19.2 Å². The molecule has 0 amide bonds. The number of benzene rings is 1. The lowest BCUT2D eigenvalue weighted by atomic mass is 10.2. The fraction of sp³-hybridized carbons (Fsp3) is 0.250. The average Bonchev–Trinajstić information content (AvgIpc) is 2.46. The molecule has 0 bridgehead atoms. The van der Waals surface area contributed by atoms with E-state index in [1.807, 2.05) is 0 Å². The lowest BCUT2D eigenvalue weighted by Gasteiger charge is -2.30. The first-order valence-corrected chi connectivity index (χ1v) is 7.79. The number of carbonyl (C=O) groups excluding carboxylic acids is 1. The van der Waals surface area contributed by atoms with Gasteiger partial charge in [0.1, 0.15) is 0 Å². The molecule has 0 saturated heterocycles. The summed E-state index contributed by atoms with van der Waals surface area (Å²) in [6.45, 7) is 3.49. The van der Waals surface area contributed by atoms with E-state index in [0.717, 1.165) is 5.56 Å². The summed E-state index contributed by atoms with van der Waals surface area (Å²) < 4.78 is 15.6. The highest BCUT2D eigenvalue weighted by Gasteiger charge is 2.37. The summed E-state index contributed by atoms with van der Waals surface area (Å²) in [6.07, 6.45) is 0. The first-order valence-electron chi connectivity index (χ1n) is 7.03. The summed E-state index contributed by atoms with van der Waals surface area (Å²) in [5, 5.41) is 3.82. The summed E-state index contributed by atoms with van der Waals surface area (Å²) in [5.74, 6) is -1.65. The molecule has 0 radical (unpaired) electrons. The van der Waals surface area contributed by atoms with Crippen molar-refractivity contribution in [1.29, 1.82) is 0 Å². The predicted molar refractivity (Wildman–Crippen MR) is 88.9 cm³/mol. The molecule has 1 N–H and O–H groups in total. The van der Waals surface area contributed by atoms with E-state index in [1.54, 1.807) is 32.0 Å². The molecule has 0 aliphatic carbocycles. The van der Waals surface area contributed by atoms with Gasteiger partial charge in [-0.25, -0.2) is 9.59 Å². The molecule has 1 aromatic carbocycles. The number of carbonyl (C=O) groups is 1. The van der Waals surface area contributed by atoms with Crippen molar-refractivity contribution in [3.05, 3.63) is 55.9 Å². The van der Waals surface area contributed by atoms with Crippen molar-refractivity contribution in [2.75, 3.05) is 5.32 Å². The van der Waals surface area contributed by atoms with Crippen molar-refractivity contribution in [2.24, 2.45) is 0 Å². The fourth-order valence-electron chi connectivity index (χ4n) is 2.22. The lowest BCUT2D eigenvalue weighted by Crippen LogP contribution is -2.41. The van der Waals surface area contributed by atoms with Crippen LogP contribution >= 0.6 is 23.2 Å². The lowest BCUT2D eigenvalue weighted by molar-refractivity contribution is -0.128. The van der Waals surface area contributed by atoms with Crippen LogP contribution in [0.4, 0.5) is 5.88 Å². The van der Waals surface area contributed by atoms with Gasteiger partial charge >= 0.3 is 11.6 Å². The molecule has 2 heterocycles. The summed E-state index contributed by atoms with van der Waals surface area (Å²) in [7, 11) is 0. The predicted octanol–water partition coefficient (Wildman–Crippen LogP) is 3.84. The fourth-order valence-corrected chi connectivity index (χ4v) is 2.54. The number of cyclic esters (lactones) is 1. The number of esters is 1. The Labute approximate surface area is 147 Å². The molecular weight excluding hydrogens is 357 g/mol. The maximum Gasteiger partial charge on any atom is 0.356 e. The van der Waals surface area contributed by atoms with Gasteiger partial charge in [-0.2, -0.15) is 0 Å². The molecule has 6 nitrogen and oxygen atoms in total. The van der Waals surface area contributed by atoms with Gasteiger partial charge in [0.2, 0.25) is 11.7 Å². The Morgan fingerprint density at radius 1 is 1.08 bits per heavy atom. The van der Waals surface area contributed by atoms with Crippen LogP contribution in [-0.2, 0) is 11.3 Å². The number of hydrogen-bond donors (Lipinski definition) is 1. The maximum absolute atomic E-state index is 12.0. The van der Waals surface area contributed by atoms with Crippen LogP contribution in [0.2, 0.25) is 10.0 Å². The van der Waals surface area contributed by atoms with Crippen molar-refractivity contribution >= 4 is 35.1 Å². The Balaban J connectivity index is 1.85. The monoisotopic (exact) mass is 369 g/mol. The van der Waals surface area contributed by atoms with Gasteiger partial charge in [-0.15, -0.1) is 0 Å². The summed E-state index contributed by atoms with van der Waals surface area (Å²) in [4.78, 5) is 23.9. The van der Waals surface area contributed by atoms with Gasteiger partial charge in [0.05, 0.1) is 10.0 Å². The number of halogens is 2. The quantitative estimate of drug-likeness (QED) is 0.828. The van der Waals surface area contributed by atoms with E-state index in [1.165, 1.54) is 6.07 Å². The van der Waals surface area contributed by atoms with E-state index in [9.17, 15) is 9.59 Å². The first-order chi connectivity index (χ1) is 11.2. The van der Waals surface area contributed by atoms with Crippen LogP contribution in [0, 0.1) is 0 Å². The molecule has 1 aromatic heterocycles. The second kappa shape index (κ2) is 6.03. The largest absolute Gasteiger partial charge is 0.451 e. The van der Waals surface area contributed by atoms with Gasteiger partial charge in [-0.1, -0.05) is 29.3 Å². The Morgan fingerprint density at radius 3 is 2.54 bits per heavy atom. The van der Waals surface area contributed by atoms with Gasteiger partial charge in [0, 0.05) is 26.5 Å². The summed E-state index contributed by atoms with van der Waals surface area (Å²) in [6, 6.07) is 6.60. The Kier molecular flexibility index (Phi) is 4.19. The van der Waals surface area contributed by atoms with Crippen molar-refractivity contribution in [3.63, 3.8) is 0 Å². The zero-order chi connectivity index (χ0) is 17.5. The third kappa shape index (κ3) is 3.34. The van der Waals surface area contributed by atoms with E-state index in [0.29, 0.717) is 16.6 Å². The van der Waals surface area contributed by atoms with E-state index in [2.05, 4.69) is 5.32 Å². The number of anilines is 1. The van der Waals surface area contributed by atoms with Gasteiger partial charge in [-0.05, 0) is 17.7 Å². The van der Waals surface area contributed by atoms with E-state index >= 15 is 0 Å². The third-order valence-corrected chi connectivity index (χ3v) is 4.00. The first kappa shape index (κ1) is 16.7. The second-order valence-corrected chi connectivity index (χ2v) is 6.45. The number of fused-ring (bicyclic) bond motifs is 1. The number of rotatable bonds is 3. The molecule has 126 valence electrons. The van der Waals surface area contributed by atoms with E-state index in [-0.39, 0.29) is 17.2 Å². The molecular formula is C16H13Cl2NO5. The topological polar surface area (TPSA) is 77.8 Å². The van der Waals surface area contributed by atoms with Gasteiger partial charge in [0.25, 0.3) is 0 Å². The number of nitrogens with one attached hydrogen (secondary N) is 1. The summed E-state index contributed by atoms with van der Waals surface area (Å²) in [5.41, 5.74) is -0.246. The third-order valence-electron chi connectivity index (χ3n) is 3.26. The van der Waals surface area contributed by atoms with Crippen molar-refractivity contribution in [3.8, 4) is 5.75 Å². The van der Waals surface area contributed by atoms with Crippen molar-refractivity contribution in [1.82, 2.24) is 0 Å². The number of ether oxygens (including phenoxy) is 2. The minimum absolute atomic E-state index is 0.115. The van der Waals surface area contributed by atoms with Crippen LogP contribution in [0.5, 0.6) is 5.75 Å². The highest BCUT2D eigenvalue weighted by Crippen LogP contribution is 2.31. The average molecular weight is 370 g/mol. The molecule has 0 atom stereocenters. The Hall–Kier alpha value is -2.18. The normalized spacial score (nSPS) is 15.2. The van der Waals surface area contributed by atoms with Gasteiger partial charge in [0.15, 0.2) is 11.3 Å². The number of hydrogen-bond acceptors (Lipinski definition) is 6. The molecule has 1 aliphatic rings. The molecule has 1 aliphatic heterocycles. The molecule has 0 spiro atoms. The van der Waals surface area contributed by atoms with Crippen LogP contribution in [0.3, 0.4) is 0 Å². The standard InChI is InChI=1S/C16H13Cl2NO5/c1-16(2)23-11-6-12(22-14(20)13(11)15(21)24-16)19-7-8-3-4-9(17)10(18)5-8/h3-6,19H,7H2,1-2H3. The van der Waals surface area contributed by atoms with E-state index < -0.39 is 17.4 Å². The molecule has 0 unspecified atom stereocenters. The Morgan fingerprint density at radius 2 is 1.83 bits per heavy atom. The zero-order valence-electron chi connectivity index (χ0n) is 12.8. The van der Waals surface area contributed by atoms with Crippen LogP contribution in [-0.4, -0.2) is 11.8 Å². The van der Waals surface area contributed by atoms with Crippen LogP contribution < -0.4 is 15.7 Å². The van der Waals surface area contributed by atoms with E-state index in [4.69, 9.17) is 37.1 Å². The molecule has 2 aromatic rings. The smallest absolute Gasteiger partial charge is 0.356 e. The van der Waals surface area contributed by atoms with Gasteiger partial charge in [-0.3, -0.25) is 0 Å². The summed E-state index contributed by atoms with van der Waals surface area (Å²) >= 11 is 11.8. The Bertz CT molecular complexity index is 875. The highest BCUT2D eigenvalue weighted by atomic mass is 35.5. The molecule has 24 heavy (non-hydrogen) atoms. The zero-order valence-corrected chi connectivity index (χ0v) is 14.3. The molecule has 8 heteroatoms. The van der Waals surface area contributed by atoms with Crippen molar-refractivity contribution < 1.29 is 18.7 Å². The molecule has 3 rings (SSSR count). The van der Waals surface area contributed by atoms with Crippen LogP contribution in [0.15, 0.2) is 33.5 Å². The minimum atomic E-state index is -1.15. The van der Waals surface area contributed by atoms with Crippen molar-refractivity contribution in [2.45, 2.75) is 26.2 Å².